The minimum absolute atomic E-state index is 0.200. The van der Waals surface area contributed by atoms with Crippen LogP contribution in [0.25, 0.3) is 22.6 Å². The summed E-state index contributed by atoms with van der Waals surface area (Å²) in [4.78, 5) is 13.3. The largest absolute Gasteiger partial charge is 0.394 e. The molecule has 5 N–H and O–H groups in total. The van der Waals surface area contributed by atoms with Crippen LogP contribution in [0.3, 0.4) is 0 Å². The van der Waals surface area contributed by atoms with Crippen LogP contribution in [-0.4, -0.2) is 69.5 Å². The van der Waals surface area contributed by atoms with E-state index in [2.05, 4.69) is 20.1 Å². The van der Waals surface area contributed by atoms with Crippen LogP contribution in [-0.2, 0) is 11.3 Å². The maximum atomic E-state index is 10.4. The van der Waals surface area contributed by atoms with E-state index in [1.165, 1.54) is 49.4 Å². The monoisotopic (exact) mass is 457 g/mol. The Balaban J connectivity index is 1.34. The molecule has 0 bridgehead atoms. The van der Waals surface area contributed by atoms with Gasteiger partial charge in [0.15, 0.2) is 23.5 Å². The lowest BCUT2D eigenvalue weighted by Crippen LogP contribution is -2.33. The average molecular weight is 458 g/mol. The van der Waals surface area contributed by atoms with Gasteiger partial charge < -0.3 is 25.8 Å². The highest BCUT2D eigenvalue weighted by Crippen LogP contribution is 2.33. The van der Waals surface area contributed by atoms with Crippen molar-refractivity contribution < 1.29 is 20.1 Å². The summed E-state index contributed by atoms with van der Waals surface area (Å²) in [5.41, 5.74) is 7.62. The lowest BCUT2D eigenvalue weighted by molar-refractivity contribution is -0.0511. The van der Waals surface area contributed by atoms with E-state index in [1.54, 1.807) is 6.20 Å². The van der Waals surface area contributed by atoms with Crippen LogP contribution in [0.1, 0.15) is 51.2 Å². The lowest BCUT2D eigenvalue weighted by atomic mass is 9.86. The van der Waals surface area contributed by atoms with Gasteiger partial charge in [0.05, 0.1) is 24.7 Å². The van der Waals surface area contributed by atoms with Crippen molar-refractivity contribution in [2.24, 2.45) is 5.92 Å². The van der Waals surface area contributed by atoms with E-state index in [4.69, 9.17) is 10.5 Å². The van der Waals surface area contributed by atoms with E-state index in [9.17, 15) is 15.3 Å². The molecule has 1 saturated carbocycles. The molecule has 3 aromatic rings. The Morgan fingerprint density at radius 1 is 1.12 bits per heavy atom. The van der Waals surface area contributed by atoms with Crippen molar-refractivity contribution in [2.45, 2.75) is 76.0 Å². The van der Waals surface area contributed by atoms with Gasteiger partial charge in [-0.05, 0) is 18.8 Å². The first kappa shape index (κ1) is 22.2. The Morgan fingerprint density at radius 3 is 2.70 bits per heavy atom. The lowest BCUT2D eigenvalue weighted by Gasteiger charge is -2.21. The number of rotatable bonds is 7. The number of hydrogen-bond donors (Lipinski definition) is 4. The summed E-state index contributed by atoms with van der Waals surface area (Å²) in [6.07, 6.45) is 9.86. The number of nitrogen functional groups attached to an aromatic ring is 1. The van der Waals surface area contributed by atoms with Crippen LogP contribution < -0.4 is 5.73 Å². The number of aliphatic hydroxyl groups excluding tert-OH is 3. The number of hydrogen-bond acceptors (Lipinski definition) is 9. The smallest absolute Gasteiger partial charge is 0.168 e. The third-order valence-electron chi connectivity index (χ3n) is 6.86. The molecule has 11 nitrogen and oxygen atoms in total. The molecule has 1 aliphatic heterocycles. The van der Waals surface area contributed by atoms with Gasteiger partial charge in [-0.15, -0.1) is 0 Å². The molecule has 1 saturated heterocycles. The Morgan fingerprint density at radius 2 is 1.94 bits per heavy atom. The Hall–Kier alpha value is -2.60. The number of fused-ring (bicyclic) bond motifs is 1. The van der Waals surface area contributed by atoms with E-state index in [-0.39, 0.29) is 5.82 Å². The zero-order valence-corrected chi connectivity index (χ0v) is 18.5. The number of nitrogens with zero attached hydrogens (tertiary/aromatic N) is 6. The van der Waals surface area contributed by atoms with E-state index < -0.39 is 31.1 Å². The fourth-order valence-electron chi connectivity index (χ4n) is 4.98. The first-order valence-corrected chi connectivity index (χ1v) is 11.7. The molecular weight excluding hydrogens is 426 g/mol. The molecule has 1 unspecified atom stereocenters. The molecule has 4 heterocycles. The second-order valence-corrected chi connectivity index (χ2v) is 9.12. The van der Waals surface area contributed by atoms with E-state index >= 15 is 0 Å². The molecule has 0 radical (unpaired) electrons. The first-order valence-electron chi connectivity index (χ1n) is 11.7. The molecule has 5 rings (SSSR count). The zero-order chi connectivity index (χ0) is 22.9. The highest BCUT2D eigenvalue weighted by molar-refractivity contribution is 5.83. The second kappa shape index (κ2) is 9.34. The van der Waals surface area contributed by atoms with Gasteiger partial charge in [0.25, 0.3) is 0 Å². The molecule has 0 amide bonds. The summed E-state index contributed by atoms with van der Waals surface area (Å²) < 4.78 is 9.04. The fourth-order valence-corrected chi connectivity index (χ4v) is 4.98. The number of imidazole rings is 1. The van der Waals surface area contributed by atoms with Gasteiger partial charge in [-0.3, -0.25) is 9.25 Å². The third-order valence-corrected chi connectivity index (χ3v) is 6.86. The predicted molar refractivity (Wildman–Crippen MR) is 120 cm³/mol. The molecule has 11 heteroatoms. The van der Waals surface area contributed by atoms with Gasteiger partial charge in [-0.1, -0.05) is 32.1 Å². The predicted octanol–water partition coefficient (Wildman–Crippen LogP) is 1.24. The van der Waals surface area contributed by atoms with Crippen LogP contribution in [0.15, 0.2) is 18.7 Å². The maximum absolute atomic E-state index is 10.4. The molecular formula is C22H31N7O4. The van der Waals surface area contributed by atoms with Gasteiger partial charge in [0.2, 0.25) is 0 Å². The molecule has 4 atom stereocenters. The van der Waals surface area contributed by atoms with Gasteiger partial charge in [0, 0.05) is 12.7 Å². The number of aliphatic hydroxyl groups is 3. The van der Waals surface area contributed by atoms with Crippen molar-refractivity contribution in [3.05, 3.63) is 18.7 Å². The van der Waals surface area contributed by atoms with Crippen molar-refractivity contribution in [3.8, 4) is 11.4 Å². The van der Waals surface area contributed by atoms with Crippen LogP contribution in [0.5, 0.6) is 0 Å². The molecule has 0 aromatic carbocycles. The summed E-state index contributed by atoms with van der Waals surface area (Å²) in [5.74, 6) is 1.44. The second-order valence-electron chi connectivity index (χ2n) is 9.12. The van der Waals surface area contributed by atoms with Crippen molar-refractivity contribution in [2.75, 3.05) is 12.3 Å². The first-order chi connectivity index (χ1) is 16.0. The SMILES string of the molecule is Nc1nc(-c2cnn(CCCC3CCCCC3)c2)nc2c1ncn2C1O[C@@H](CO)[C@H](O)[C@@H]1O. The van der Waals surface area contributed by atoms with Gasteiger partial charge in [-0.2, -0.15) is 5.10 Å². The number of aromatic nitrogens is 6. The van der Waals surface area contributed by atoms with Crippen molar-refractivity contribution >= 4 is 17.0 Å². The highest BCUT2D eigenvalue weighted by atomic mass is 16.6. The van der Waals surface area contributed by atoms with Crippen LogP contribution in [0, 0.1) is 5.92 Å². The summed E-state index contributed by atoms with van der Waals surface area (Å²) in [7, 11) is 0. The Labute approximate surface area is 191 Å². The van der Waals surface area contributed by atoms with Crippen molar-refractivity contribution in [1.82, 2.24) is 29.3 Å². The zero-order valence-electron chi connectivity index (χ0n) is 18.5. The minimum Gasteiger partial charge on any atom is -0.394 e. The normalized spacial score (nSPS) is 26.4. The van der Waals surface area contributed by atoms with Gasteiger partial charge >= 0.3 is 0 Å². The number of ether oxygens (including phenoxy) is 1. The molecule has 2 aliphatic rings. The Bertz CT molecular complexity index is 1090. The maximum Gasteiger partial charge on any atom is 0.168 e. The summed E-state index contributed by atoms with van der Waals surface area (Å²) in [6, 6.07) is 0. The van der Waals surface area contributed by atoms with Gasteiger partial charge in [-0.25, -0.2) is 15.0 Å². The van der Waals surface area contributed by atoms with Crippen LogP contribution >= 0.6 is 0 Å². The molecule has 178 valence electrons. The number of anilines is 1. The van der Waals surface area contributed by atoms with E-state index in [0.717, 1.165) is 24.4 Å². The summed E-state index contributed by atoms with van der Waals surface area (Å²) in [5, 5.41) is 34.4. The molecule has 3 aromatic heterocycles. The van der Waals surface area contributed by atoms with Gasteiger partial charge in [0.1, 0.15) is 23.8 Å². The molecule has 33 heavy (non-hydrogen) atoms. The van der Waals surface area contributed by atoms with Crippen molar-refractivity contribution in [1.29, 1.82) is 0 Å². The van der Waals surface area contributed by atoms with Crippen LogP contribution in [0.2, 0.25) is 0 Å². The molecule has 2 fully saturated rings. The standard InChI is InChI=1S/C22H31N7O4/c23-19-16-21(29(12-24-16)22-18(32)17(31)15(11-30)33-22)27-20(26-19)14-9-25-28(10-14)8-4-7-13-5-2-1-3-6-13/h9-10,12-13,15,17-18,22,30-32H,1-8,11H2,(H2,23,26,27)/t15-,17-,18-,22?/m0/s1. The number of nitrogens with two attached hydrogens (primary N) is 1. The van der Waals surface area contributed by atoms with Crippen molar-refractivity contribution in [3.63, 3.8) is 0 Å². The Kier molecular flexibility index (Phi) is 6.28. The van der Waals surface area contributed by atoms with Crippen LogP contribution in [0.4, 0.5) is 5.82 Å². The average Bonchev–Trinajstić information content (AvgIpc) is 3.53. The quantitative estimate of drug-likeness (QED) is 0.410. The van der Waals surface area contributed by atoms with E-state index in [0.29, 0.717) is 17.0 Å². The van der Waals surface area contributed by atoms with E-state index in [1.807, 2.05) is 10.9 Å². The topological polar surface area (TPSA) is 157 Å². The molecule has 1 aliphatic carbocycles. The third kappa shape index (κ3) is 4.33. The summed E-state index contributed by atoms with van der Waals surface area (Å²) in [6.45, 7) is 0.429. The molecule has 0 spiro atoms. The number of aryl methyl sites for hydroxylation is 1. The summed E-state index contributed by atoms with van der Waals surface area (Å²) >= 11 is 0. The fraction of sp³-hybridized carbons (Fsp3) is 0.636. The highest BCUT2D eigenvalue weighted by Gasteiger charge is 2.44. The minimum atomic E-state index is -1.24.